The number of rotatable bonds is 11. The smallest absolute Gasteiger partial charge is 0.245 e. The van der Waals surface area contributed by atoms with Gasteiger partial charge < -0.3 is 18.9 Å². The van der Waals surface area contributed by atoms with Gasteiger partial charge in [-0.3, -0.25) is 4.57 Å². The standard InChI is InChI=1S/C24H28N8O6S/c1-14-10-25-21(26-11-14)20(36-4)15(2)39(33,34)12-17-30-31-22(16-8-7-9-18(29-16)35-3)32(17)19-23(37-5)27-13-28-24(19)38-6/h7-11,13,15,20H,12H2,1-6H3/t15-,20-/m0/s1/i3D3,5D3,6D3. The average molecular weight is 566 g/mol. The van der Waals surface area contributed by atoms with Crippen molar-refractivity contribution in [1.82, 2.24) is 39.7 Å². The van der Waals surface area contributed by atoms with Gasteiger partial charge in [-0.1, -0.05) is 6.07 Å². The van der Waals surface area contributed by atoms with Crippen LogP contribution in [-0.2, 0) is 20.3 Å². The van der Waals surface area contributed by atoms with Gasteiger partial charge in [-0.05, 0) is 25.5 Å². The molecule has 0 spiro atoms. The first kappa shape index (κ1) is 18.1. The summed E-state index contributed by atoms with van der Waals surface area (Å²) >= 11 is 0. The summed E-state index contributed by atoms with van der Waals surface area (Å²) < 4.78 is 117. The number of pyridine rings is 1. The average Bonchev–Trinajstić information content (AvgIpc) is 3.34. The van der Waals surface area contributed by atoms with Gasteiger partial charge in [-0.25, -0.2) is 23.4 Å². The molecule has 4 aromatic rings. The Bertz CT molecular complexity index is 1820. The molecule has 4 rings (SSSR count). The molecule has 0 aliphatic heterocycles. The maximum atomic E-state index is 13.9. The molecule has 15 heteroatoms. The number of ether oxygens (including phenoxy) is 4. The van der Waals surface area contributed by atoms with Crippen molar-refractivity contribution < 1.29 is 39.7 Å². The van der Waals surface area contributed by atoms with Gasteiger partial charge in [0.2, 0.25) is 17.6 Å². The van der Waals surface area contributed by atoms with Crippen LogP contribution in [0.25, 0.3) is 17.2 Å². The topological polar surface area (TPSA) is 166 Å². The van der Waals surface area contributed by atoms with Crippen LogP contribution in [0.4, 0.5) is 0 Å². The van der Waals surface area contributed by atoms with Crippen LogP contribution in [0.1, 0.15) is 42.6 Å². The summed E-state index contributed by atoms with van der Waals surface area (Å²) in [6.07, 6.45) is 2.59. The zero-order valence-corrected chi connectivity index (χ0v) is 21.6. The largest absolute Gasteiger partial charge is 0.481 e. The van der Waals surface area contributed by atoms with Crippen LogP contribution in [0.2, 0.25) is 0 Å². The van der Waals surface area contributed by atoms with Crippen LogP contribution in [0.5, 0.6) is 17.6 Å². The molecule has 0 amide bonds. The van der Waals surface area contributed by atoms with Crippen molar-refractivity contribution in [2.75, 3.05) is 28.2 Å². The van der Waals surface area contributed by atoms with E-state index in [2.05, 4.69) is 35.1 Å². The fourth-order valence-electron chi connectivity index (χ4n) is 3.65. The minimum atomic E-state index is -4.30. The van der Waals surface area contributed by atoms with Crippen molar-refractivity contribution in [2.24, 2.45) is 0 Å². The van der Waals surface area contributed by atoms with E-state index in [-0.39, 0.29) is 17.3 Å². The molecule has 0 aromatic carbocycles. The lowest BCUT2D eigenvalue weighted by atomic mass is 10.2. The summed E-state index contributed by atoms with van der Waals surface area (Å²) in [4.78, 5) is 20.1. The van der Waals surface area contributed by atoms with Gasteiger partial charge in [0, 0.05) is 25.6 Å². The third-order valence-electron chi connectivity index (χ3n) is 5.59. The fourth-order valence-corrected chi connectivity index (χ4v) is 5.07. The molecule has 0 bridgehead atoms. The van der Waals surface area contributed by atoms with Gasteiger partial charge >= 0.3 is 0 Å². The SMILES string of the molecule is [2H]C([2H])([2H])Oc1cccc(-c2nnc(CS(=O)(=O)[C@@H](C)[C@H](OC)c3ncc(C)cn3)n2-c2c(OC([2H])([2H])[2H])ncnc2OC([2H])([2H])[2H])n1. The molecule has 0 fully saturated rings. The number of aryl methyl sites for hydroxylation is 1. The van der Waals surface area contributed by atoms with Gasteiger partial charge in [0.25, 0.3) is 0 Å². The highest BCUT2D eigenvalue weighted by Gasteiger charge is 2.35. The summed E-state index contributed by atoms with van der Waals surface area (Å²) in [6.45, 7) is 3.10. The Balaban J connectivity index is 1.96. The predicted octanol–water partition coefficient (Wildman–Crippen LogP) is 1.93. The third kappa shape index (κ3) is 5.63. The summed E-state index contributed by atoms with van der Waals surface area (Å²) in [6, 6.07) is 3.88. The van der Waals surface area contributed by atoms with E-state index in [1.165, 1.54) is 44.6 Å². The molecule has 0 aliphatic rings. The Morgan fingerprint density at radius 1 is 1.00 bits per heavy atom. The molecular weight excluding hydrogens is 528 g/mol. The first-order valence-electron chi connectivity index (χ1n) is 15.5. The van der Waals surface area contributed by atoms with Gasteiger partial charge in [-0.2, -0.15) is 9.97 Å². The van der Waals surface area contributed by atoms with E-state index >= 15 is 0 Å². The van der Waals surface area contributed by atoms with Crippen LogP contribution in [0.3, 0.4) is 0 Å². The molecule has 0 aliphatic carbocycles. The minimum absolute atomic E-state index is 0.0785. The number of hydrogen-bond donors (Lipinski definition) is 0. The molecule has 14 nitrogen and oxygen atoms in total. The van der Waals surface area contributed by atoms with E-state index in [0.29, 0.717) is 0 Å². The Labute approximate surface area is 238 Å². The zero-order chi connectivity index (χ0) is 35.7. The molecule has 2 atom stereocenters. The van der Waals surface area contributed by atoms with Crippen LogP contribution < -0.4 is 14.2 Å². The Hall–Kier alpha value is -4.24. The number of sulfone groups is 1. The molecule has 0 saturated heterocycles. The van der Waals surface area contributed by atoms with Crippen LogP contribution in [0, 0.1) is 6.92 Å². The second-order valence-electron chi connectivity index (χ2n) is 8.06. The van der Waals surface area contributed by atoms with E-state index < -0.39 is 77.2 Å². The van der Waals surface area contributed by atoms with Crippen molar-refractivity contribution in [2.45, 2.75) is 31.0 Å². The molecule has 0 N–H and O–H groups in total. The number of aromatic nitrogens is 8. The van der Waals surface area contributed by atoms with Crippen LogP contribution in [0.15, 0.2) is 36.9 Å². The lowest BCUT2D eigenvalue weighted by Gasteiger charge is -2.22. The van der Waals surface area contributed by atoms with Crippen molar-refractivity contribution >= 4 is 9.84 Å². The lowest BCUT2D eigenvalue weighted by molar-refractivity contribution is 0.0947. The van der Waals surface area contributed by atoms with Gasteiger partial charge in [-0.15, -0.1) is 10.2 Å². The molecule has 0 saturated carbocycles. The number of nitrogens with zero attached hydrogens (tertiary/aromatic N) is 8. The zero-order valence-electron chi connectivity index (χ0n) is 29.8. The van der Waals surface area contributed by atoms with Crippen LogP contribution in [-0.4, -0.2) is 81.6 Å². The first-order valence-corrected chi connectivity index (χ1v) is 12.8. The second-order valence-corrected chi connectivity index (χ2v) is 10.4. The first-order chi connectivity index (χ1) is 22.2. The molecule has 4 heterocycles. The van der Waals surface area contributed by atoms with Gasteiger partial charge in [0.15, 0.2) is 33.0 Å². The Morgan fingerprint density at radius 3 is 2.33 bits per heavy atom. The molecule has 39 heavy (non-hydrogen) atoms. The molecule has 206 valence electrons. The number of methoxy groups -OCH3 is 4. The van der Waals surface area contributed by atoms with E-state index in [9.17, 15) is 8.42 Å². The highest BCUT2D eigenvalue weighted by atomic mass is 32.2. The second kappa shape index (κ2) is 11.7. The Morgan fingerprint density at radius 2 is 1.69 bits per heavy atom. The summed E-state index contributed by atoms with van der Waals surface area (Å²) in [5.41, 5.74) is -0.0640. The molecule has 0 unspecified atom stereocenters. The Kier molecular flexibility index (Phi) is 5.41. The summed E-state index contributed by atoms with van der Waals surface area (Å²) in [5.74, 6) is -3.56. The van der Waals surface area contributed by atoms with Crippen molar-refractivity contribution in [3.05, 3.63) is 54.1 Å². The summed E-state index contributed by atoms with van der Waals surface area (Å²) in [7, 11) is -12.2. The van der Waals surface area contributed by atoms with E-state index in [1.54, 1.807) is 6.92 Å². The monoisotopic (exact) mass is 565 g/mol. The third-order valence-corrected chi connectivity index (χ3v) is 7.63. The lowest BCUT2D eigenvalue weighted by Crippen LogP contribution is -2.30. The van der Waals surface area contributed by atoms with Crippen molar-refractivity contribution in [3.8, 4) is 34.8 Å². The molecular formula is C24H28N8O6S. The van der Waals surface area contributed by atoms with E-state index in [0.717, 1.165) is 16.5 Å². The summed E-state index contributed by atoms with van der Waals surface area (Å²) in [5, 5.41) is 6.74. The maximum absolute atomic E-state index is 13.9. The fraction of sp³-hybridized carbons (Fsp3) is 0.375. The normalized spacial score (nSPS) is 17.5. The number of hydrogen-bond acceptors (Lipinski definition) is 13. The highest BCUT2D eigenvalue weighted by Crippen LogP contribution is 2.34. The quantitative estimate of drug-likeness (QED) is 0.259. The maximum Gasteiger partial charge on any atom is 0.245 e. The van der Waals surface area contributed by atoms with E-state index in [4.69, 9.17) is 31.3 Å². The highest BCUT2D eigenvalue weighted by molar-refractivity contribution is 7.91. The van der Waals surface area contributed by atoms with Gasteiger partial charge in [0.1, 0.15) is 23.9 Å². The van der Waals surface area contributed by atoms with Crippen molar-refractivity contribution in [1.29, 1.82) is 0 Å². The molecule has 4 aromatic heterocycles. The van der Waals surface area contributed by atoms with Gasteiger partial charge in [0.05, 0.1) is 38.7 Å². The minimum Gasteiger partial charge on any atom is -0.481 e. The van der Waals surface area contributed by atoms with Crippen LogP contribution >= 0.6 is 0 Å². The predicted molar refractivity (Wildman–Crippen MR) is 138 cm³/mol. The van der Waals surface area contributed by atoms with E-state index in [1.807, 2.05) is 0 Å². The molecule has 0 radical (unpaired) electrons. The van der Waals surface area contributed by atoms with Crippen molar-refractivity contribution in [3.63, 3.8) is 0 Å².